The average molecular weight is 249 g/mol. The average Bonchev–Trinajstić information content (AvgIpc) is 2.76. The molecule has 96 valence electrons. The highest BCUT2D eigenvalue weighted by molar-refractivity contribution is 5.96. The van der Waals surface area contributed by atoms with E-state index in [0.29, 0.717) is 16.7 Å². The van der Waals surface area contributed by atoms with E-state index in [4.69, 9.17) is 16.1 Å². The largest absolute Gasteiger partial charge is 0.397 e. The zero-order valence-corrected chi connectivity index (χ0v) is 10.3. The van der Waals surface area contributed by atoms with Crippen molar-refractivity contribution >= 4 is 28.3 Å². The lowest BCUT2D eigenvalue weighted by atomic mass is 10.2. The molecule has 1 aromatic carbocycles. The number of nitrogen functional groups attached to an aromatic ring is 1. The molecular formula is C11H15N5O2. The Morgan fingerprint density at radius 1 is 1.39 bits per heavy atom. The van der Waals surface area contributed by atoms with E-state index in [1.807, 2.05) is 18.7 Å². The number of nitrogens with two attached hydrogens (primary N) is 2. The second-order valence-electron chi connectivity index (χ2n) is 4.32. The number of hydrogen-bond donors (Lipinski definition) is 2. The Hall–Kier alpha value is -2.31. The number of amides is 1. The molecule has 0 saturated heterocycles. The molecule has 18 heavy (non-hydrogen) atoms. The summed E-state index contributed by atoms with van der Waals surface area (Å²) in [4.78, 5) is 13.0. The van der Waals surface area contributed by atoms with Gasteiger partial charge in [-0.15, -0.1) is 0 Å². The lowest BCUT2D eigenvalue weighted by Crippen LogP contribution is -2.38. The first-order valence-electron chi connectivity index (χ1n) is 5.56. The predicted molar refractivity (Wildman–Crippen MR) is 67.9 cm³/mol. The van der Waals surface area contributed by atoms with Crippen molar-refractivity contribution in [1.29, 1.82) is 0 Å². The van der Waals surface area contributed by atoms with Gasteiger partial charge in [-0.1, -0.05) is 0 Å². The van der Waals surface area contributed by atoms with Crippen LogP contribution in [0.2, 0.25) is 0 Å². The van der Waals surface area contributed by atoms with Crippen molar-refractivity contribution in [2.45, 2.75) is 19.9 Å². The summed E-state index contributed by atoms with van der Waals surface area (Å²) in [7, 11) is 0. The van der Waals surface area contributed by atoms with E-state index < -0.39 is 5.91 Å². The van der Waals surface area contributed by atoms with Crippen LogP contribution in [-0.4, -0.2) is 28.8 Å². The summed E-state index contributed by atoms with van der Waals surface area (Å²) in [5, 5.41) is 7.58. The van der Waals surface area contributed by atoms with Crippen LogP contribution in [0.3, 0.4) is 0 Å². The van der Waals surface area contributed by atoms with Crippen molar-refractivity contribution in [1.82, 2.24) is 10.3 Å². The Bertz CT molecular complexity index is 578. The molecule has 0 aliphatic rings. The number of carbonyl (C=O) groups excluding carboxylic acids is 1. The van der Waals surface area contributed by atoms with E-state index in [0.717, 1.165) is 5.69 Å². The molecule has 0 fully saturated rings. The Kier molecular flexibility index (Phi) is 3.05. The molecule has 0 aliphatic carbocycles. The highest BCUT2D eigenvalue weighted by Gasteiger charge is 2.19. The standard InChI is InChI=1S/C11H15N5O2/c1-6(2)16(5-9(13)17)8-4-3-7(12)10-11(8)15-18-14-10/h3-4,6H,5,12H2,1-2H3,(H2,13,17). The number of primary amides is 1. The summed E-state index contributed by atoms with van der Waals surface area (Å²) in [6.45, 7) is 4.01. The molecule has 2 rings (SSSR count). The third kappa shape index (κ3) is 2.06. The predicted octanol–water partition coefficient (Wildman–Crippen LogP) is 0.505. The van der Waals surface area contributed by atoms with Crippen LogP contribution in [0.15, 0.2) is 16.8 Å². The Labute approximate surface area is 104 Å². The molecule has 1 heterocycles. The number of hydrogen-bond acceptors (Lipinski definition) is 6. The molecule has 4 N–H and O–H groups in total. The van der Waals surface area contributed by atoms with E-state index in [1.54, 1.807) is 12.1 Å². The number of nitrogens with zero attached hydrogens (tertiary/aromatic N) is 3. The maximum absolute atomic E-state index is 11.1. The quantitative estimate of drug-likeness (QED) is 0.763. The second kappa shape index (κ2) is 4.52. The van der Waals surface area contributed by atoms with E-state index in [2.05, 4.69) is 10.3 Å². The van der Waals surface area contributed by atoms with E-state index in [9.17, 15) is 4.79 Å². The summed E-state index contributed by atoms with van der Waals surface area (Å²) in [6.07, 6.45) is 0. The van der Waals surface area contributed by atoms with Gasteiger partial charge in [0.05, 0.1) is 17.9 Å². The van der Waals surface area contributed by atoms with Gasteiger partial charge >= 0.3 is 0 Å². The highest BCUT2D eigenvalue weighted by atomic mass is 16.6. The fourth-order valence-electron chi connectivity index (χ4n) is 1.82. The minimum absolute atomic E-state index is 0.0843. The molecule has 0 spiro atoms. The third-order valence-electron chi connectivity index (χ3n) is 2.68. The number of anilines is 2. The van der Waals surface area contributed by atoms with Gasteiger partial charge in [-0.2, -0.15) is 0 Å². The van der Waals surface area contributed by atoms with Crippen LogP contribution in [0.25, 0.3) is 11.0 Å². The Morgan fingerprint density at radius 3 is 2.67 bits per heavy atom. The lowest BCUT2D eigenvalue weighted by molar-refractivity contribution is -0.116. The van der Waals surface area contributed by atoms with Gasteiger partial charge in [0.15, 0.2) is 11.0 Å². The first-order chi connectivity index (χ1) is 8.50. The van der Waals surface area contributed by atoms with Crippen molar-refractivity contribution in [2.24, 2.45) is 5.73 Å². The minimum atomic E-state index is -0.412. The van der Waals surface area contributed by atoms with Gasteiger partial charge in [0.1, 0.15) is 0 Å². The van der Waals surface area contributed by atoms with Crippen molar-refractivity contribution in [2.75, 3.05) is 17.2 Å². The van der Waals surface area contributed by atoms with Crippen molar-refractivity contribution in [3.63, 3.8) is 0 Å². The van der Waals surface area contributed by atoms with Crippen LogP contribution in [0, 0.1) is 0 Å². The number of carbonyl (C=O) groups is 1. The van der Waals surface area contributed by atoms with E-state index in [1.165, 1.54) is 0 Å². The molecule has 0 unspecified atom stereocenters. The van der Waals surface area contributed by atoms with Crippen LogP contribution in [-0.2, 0) is 4.79 Å². The number of fused-ring (bicyclic) bond motifs is 1. The number of benzene rings is 1. The molecule has 0 radical (unpaired) electrons. The zero-order chi connectivity index (χ0) is 13.3. The summed E-state index contributed by atoms with van der Waals surface area (Å²) >= 11 is 0. The second-order valence-corrected chi connectivity index (χ2v) is 4.32. The summed E-state index contributed by atoms with van der Waals surface area (Å²) in [5.41, 5.74) is 13.3. The first kappa shape index (κ1) is 12.2. The fourth-order valence-corrected chi connectivity index (χ4v) is 1.82. The molecule has 7 nitrogen and oxygen atoms in total. The van der Waals surface area contributed by atoms with Gasteiger partial charge in [0.25, 0.3) is 0 Å². The van der Waals surface area contributed by atoms with Gasteiger partial charge in [-0.3, -0.25) is 4.79 Å². The summed E-state index contributed by atoms with van der Waals surface area (Å²) in [5.74, 6) is -0.412. The smallest absolute Gasteiger partial charge is 0.236 e. The van der Waals surface area contributed by atoms with Crippen LogP contribution >= 0.6 is 0 Å². The molecule has 1 amide bonds. The molecule has 2 aromatic rings. The van der Waals surface area contributed by atoms with Gasteiger partial charge in [-0.05, 0) is 36.3 Å². The number of aromatic nitrogens is 2. The molecule has 0 atom stereocenters. The molecule has 1 aromatic heterocycles. The Balaban J connectivity index is 2.54. The monoisotopic (exact) mass is 249 g/mol. The number of rotatable bonds is 4. The fraction of sp³-hybridized carbons (Fsp3) is 0.364. The molecule has 0 aliphatic heterocycles. The van der Waals surface area contributed by atoms with Crippen LogP contribution < -0.4 is 16.4 Å². The van der Waals surface area contributed by atoms with Crippen LogP contribution in [0.4, 0.5) is 11.4 Å². The molecule has 0 bridgehead atoms. The topological polar surface area (TPSA) is 111 Å². The van der Waals surface area contributed by atoms with Gasteiger partial charge in [-0.25, -0.2) is 4.63 Å². The maximum Gasteiger partial charge on any atom is 0.236 e. The minimum Gasteiger partial charge on any atom is -0.397 e. The summed E-state index contributed by atoms with van der Waals surface area (Å²) in [6, 6.07) is 3.57. The third-order valence-corrected chi connectivity index (χ3v) is 2.68. The molecule has 0 saturated carbocycles. The molecule has 7 heteroatoms. The van der Waals surface area contributed by atoms with Crippen molar-refractivity contribution in [3.8, 4) is 0 Å². The van der Waals surface area contributed by atoms with Crippen molar-refractivity contribution < 1.29 is 9.42 Å². The van der Waals surface area contributed by atoms with E-state index >= 15 is 0 Å². The van der Waals surface area contributed by atoms with Gasteiger partial charge in [0.2, 0.25) is 5.91 Å². The van der Waals surface area contributed by atoms with E-state index in [-0.39, 0.29) is 12.6 Å². The lowest BCUT2D eigenvalue weighted by Gasteiger charge is -2.27. The Morgan fingerprint density at radius 2 is 2.06 bits per heavy atom. The van der Waals surface area contributed by atoms with Crippen LogP contribution in [0.5, 0.6) is 0 Å². The SMILES string of the molecule is CC(C)N(CC(N)=O)c1ccc(N)c2nonc12. The van der Waals surface area contributed by atoms with Gasteiger partial charge in [0, 0.05) is 6.04 Å². The zero-order valence-electron chi connectivity index (χ0n) is 10.3. The normalized spacial score (nSPS) is 11.1. The van der Waals surface area contributed by atoms with Gasteiger partial charge < -0.3 is 16.4 Å². The first-order valence-corrected chi connectivity index (χ1v) is 5.56. The summed E-state index contributed by atoms with van der Waals surface area (Å²) < 4.78 is 4.70. The van der Waals surface area contributed by atoms with Crippen molar-refractivity contribution in [3.05, 3.63) is 12.1 Å². The molecular weight excluding hydrogens is 234 g/mol. The van der Waals surface area contributed by atoms with Crippen LogP contribution in [0.1, 0.15) is 13.8 Å². The maximum atomic E-state index is 11.1. The highest BCUT2D eigenvalue weighted by Crippen LogP contribution is 2.29.